The van der Waals surface area contributed by atoms with Crippen molar-refractivity contribution < 1.29 is 18.7 Å². The third-order valence-corrected chi connectivity index (χ3v) is 5.87. The topological polar surface area (TPSA) is 65.4 Å². The zero-order chi connectivity index (χ0) is 21.3. The average molecular weight is 425 g/mol. The van der Waals surface area contributed by atoms with Gasteiger partial charge in [-0.2, -0.15) is 5.10 Å². The van der Waals surface area contributed by atoms with Crippen LogP contribution in [-0.2, 0) is 6.54 Å². The minimum absolute atomic E-state index is 0.189. The van der Waals surface area contributed by atoms with E-state index < -0.39 is 0 Å². The Morgan fingerprint density at radius 1 is 1.17 bits per heavy atom. The monoisotopic (exact) mass is 425 g/mol. The van der Waals surface area contributed by atoms with E-state index in [1.54, 1.807) is 37.1 Å². The van der Waals surface area contributed by atoms with Gasteiger partial charge in [0.05, 0.1) is 30.5 Å². The van der Waals surface area contributed by atoms with E-state index in [4.69, 9.17) is 9.47 Å². The molecule has 0 aliphatic heterocycles. The molecule has 0 aliphatic rings. The number of halogens is 1. The highest BCUT2D eigenvalue weighted by atomic mass is 32.1. The van der Waals surface area contributed by atoms with Gasteiger partial charge in [0.15, 0.2) is 11.5 Å². The van der Waals surface area contributed by atoms with Crippen LogP contribution < -0.4 is 14.8 Å². The Balaban J connectivity index is 1.59. The zero-order valence-corrected chi connectivity index (χ0v) is 17.5. The number of nitrogens with zero attached hydrogens (tertiary/aromatic N) is 2. The van der Waals surface area contributed by atoms with Gasteiger partial charge in [-0.1, -0.05) is 12.1 Å². The van der Waals surface area contributed by atoms with E-state index in [1.807, 2.05) is 25.1 Å². The van der Waals surface area contributed by atoms with Crippen molar-refractivity contribution in [1.82, 2.24) is 15.1 Å². The van der Waals surface area contributed by atoms with Crippen molar-refractivity contribution in [1.29, 1.82) is 0 Å². The van der Waals surface area contributed by atoms with Gasteiger partial charge >= 0.3 is 0 Å². The molecule has 0 atom stereocenters. The van der Waals surface area contributed by atoms with Crippen LogP contribution in [0.5, 0.6) is 11.5 Å². The number of fused-ring (bicyclic) bond motifs is 1. The maximum Gasteiger partial charge on any atom is 0.261 e. The summed E-state index contributed by atoms with van der Waals surface area (Å²) in [6.45, 7) is 2.19. The Bertz CT molecular complexity index is 1210. The number of ether oxygens (including phenoxy) is 2. The molecule has 4 rings (SSSR count). The number of hydrogen-bond donors (Lipinski definition) is 1. The lowest BCUT2D eigenvalue weighted by atomic mass is 10.2. The molecule has 0 radical (unpaired) electrons. The molecule has 0 saturated carbocycles. The molecule has 2 heterocycles. The van der Waals surface area contributed by atoms with Crippen LogP contribution in [0.3, 0.4) is 0 Å². The predicted molar refractivity (Wildman–Crippen MR) is 114 cm³/mol. The molecule has 0 aliphatic carbocycles. The first-order valence-electron chi connectivity index (χ1n) is 9.25. The van der Waals surface area contributed by atoms with E-state index in [9.17, 15) is 9.18 Å². The van der Waals surface area contributed by atoms with E-state index in [1.165, 1.54) is 23.5 Å². The molecular weight excluding hydrogens is 405 g/mol. The molecule has 2 aromatic heterocycles. The van der Waals surface area contributed by atoms with E-state index in [2.05, 4.69) is 10.4 Å². The minimum Gasteiger partial charge on any atom is -0.493 e. The summed E-state index contributed by atoms with van der Waals surface area (Å²) in [5, 5.41) is 8.36. The lowest BCUT2D eigenvalue weighted by molar-refractivity contribution is 0.0954. The molecule has 8 heteroatoms. The van der Waals surface area contributed by atoms with Crippen molar-refractivity contribution in [2.75, 3.05) is 14.2 Å². The molecule has 2 aromatic carbocycles. The van der Waals surface area contributed by atoms with E-state index in [-0.39, 0.29) is 11.7 Å². The molecular formula is C22H20FN3O3S. The fourth-order valence-electron chi connectivity index (χ4n) is 3.27. The highest BCUT2D eigenvalue weighted by Gasteiger charge is 2.18. The summed E-state index contributed by atoms with van der Waals surface area (Å²) in [5.41, 5.74) is 2.36. The number of methoxy groups -OCH3 is 2. The number of para-hydroxylation sites is 1. The van der Waals surface area contributed by atoms with Crippen molar-refractivity contribution in [2.24, 2.45) is 0 Å². The van der Waals surface area contributed by atoms with E-state index in [0.29, 0.717) is 22.9 Å². The van der Waals surface area contributed by atoms with Gasteiger partial charge in [0.1, 0.15) is 10.6 Å². The van der Waals surface area contributed by atoms with Crippen molar-refractivity contribution in [3.8, 4) is 17.2 Å². The lowest BCUT2D eigenvalue weighted by Crippen LogP contribution is -2.22. The molecule has 0 saturated heterocycles. The van der Waals surface area contributed by atoms with Gasteiger partial charge in [-0.3, -0.25) is 4.79 Å². The molecule has 154 valence electrons. The van der Waals surface area contributed by atoms with Crippen LogP contribution in [0, 0.1) is 12.7 Å². The third-order valence-electron chi connectivity index (χ3n) is 4.76. The van der Waals surface area contributed by atoms with Crippen LogP contribution in [0.25, 0.3) is 15.9 Å². The van der Waals surface area contributed by atoms with Crippen LogP contribution in [0.2, 0.25) is 0 Å². The van der Waals surface area contributed by atoms with Crippen LogP contribution in [0.15, 0.2) is 48.5 Å². The Morgan fingerprint density at radius 2 is 1.93 bits per heavy atom. The molecule has 0 bridgehead atoms. The second-order valence-electron chi connectivity index (χ2n) is 6.64. The summed E-state index contributed by atoms with van der Waals surface area (Å²) in [6.07, 6.45) is 0. The van der Waals surface area contributed by atoms with Gasteiger partial charge in [-0.05, 0) is 43.3 Å². The largest absolute Gasteiger partial charge is 0.493 e. The number of nitrogens with one attached hydrogen (secondary N) is 1. The van der Waals surface area contributed by atoms with Crippen LogP contribution >= 0.6 is 11.3 Å². The van der Waals surface area contributed by atoms with Gasteiger partial charge in [0.2, 0.25) is 0 Å². The molecule has 0 unspecified atom stereocenters. The normalized spacial score (nSPS) is 10.9. The Hall–Kier alpha value is -3.39. The Morgan fingerprint density at radius 3 is 2.63 bits per heavy atom. The maximum atomic E-state index is 13.3. The lowest BCUT2D eigenvalue weighted by Gasteiger charge is -2.12. The summed E-state index contributed by atoms with van der Waals surface area (Å²) in [6, 6.07) is 13.5. The van der Waals surface area contributed by atoms with Crippen molar-refractivity contribution in [2.45, 2.75) is 13.5 Å². The number of hydrogen-bond acceptors (Lipinski definition) is 5. The fraction of sp³-hybridized carbons (Fsp3) is 0.182. The maximum absolute atomic E-state index is 13.3. The third kappa shape index (κ3) is 3.61. The molecule has 1 N–H and O–H groups in total. The number of thiophene rings is 1. The van der Waals surface area contributed by atoms with Gasteiger partial charge in [0.25, 0.3) is 5.91 Å². The van der Waals surface area contributed by atoms with Crippen LogP contribution in [0.1, 0.15) is 20.9 Å². The smallest absolute Gasteiger partial charge is 0.261 e. The number of benzene rings is 2. The van der Waals surface area contributed by atoms with Crippen molar-refractivity contribution >= 4 is 27.5 Å². The second-order valence-corrected chi connectivity index (χ2v) is 7.67. The van der Waals surface area contributed by atoms with Gasteiger partial charge in [-0.15, -0.1) is 11.3 Å². The zero-order valence-electron chi connectivity index (χ0n) is 16.7. The molecule has 6 nitrogen and oxygen atoms in total. The Kier molecular flexibility index (Phi) is 5.41. The van der Waals surface area contributed by atoms with Crippen LogP contribution in [0.4, 0.5) is 4.39 Å². The number of carbonyl (C=O) groups excluding carboxylic acids is 1. The quantitative estimate of drug-likeness (QED) is 0.495. The first-order valence-corrected chi connectivity index (χ1v) is 10.1. The molecule has 1 amide bonds. The van der Waals surface area contributed by atoms with Crippen molar-refractivity contribution in [3.63, 3.8) is 0 Å². The highest BCUT2D eigenvalue weighted by Crippen LogP contribution is 2.32. The van der Waals surface area contributed by atoms with Crippen molar-refractivity contribution in [3.05, 3.63) is 70.5 Å². The fourth-order valence-corrected chi connectivity index (χ4v) is 4.37. The van der Waals surface area contributed by atoms with E-state index in [0.717, 1.165) is 27.2 Å². The number of aryl methyl sites for hydroxylation is 1. The first-order chi connectivity index (χ1) is 14.5. The number of aromatic nitrogens is 2. The summed E-state index contributed by atoms with van der Waals surface area (Å²) < 4.78 is 25.7. The molecule has 0 spiro atoms. The summed E-state index contributed by atoms with van der Waals surface area (Å²) in [5.74, 6) is 0.713. The molecule has 4 aromatic rings. The van der Waals surface area contributed by atoms with Gasteiger partial charge < -0.3 is 14.8 Å². The molecule has 30 heavy (non-hydrogen) atoms. The Labute approximate surface area is 176 Å². The average Bonchev–Trinajstić information content (AvgIpc) is 3.33. The van der Waals surface area contributed by atoms with Crippen LogP contribution in [-0.4, -0.2) is 29.9 Å². The number of amides is 1. The number of carbonyl (C=O) groups is 1. The minimum atomic E-state index is -0.307. The predicted octanol–water partition coefficient (Wildman–Crippen LogP) is 4.48. The van der Waals surface area contributed by atoms with E-state index >= 15 is 0 Å². The van der Waals surface area contributed by atoms with Gasteiger partial charge in [0, 0.05) is 17.5 Å². The highest BCUT2D eigenvalue weighted by molar-refractivity contribution is 7.20. The second kappa shape index (κ2) is 8.16. The first kappa shape index (κ1) is 19.9. The van der Waals surface area contributed by atoms with Gasteiger partial charge in [-0.25, -0.2) is 9.07 Å². The standard InChI is InChI=1S/C22H20FN3O3S/c1-13-17-11-19(30-22(17)26(25-13)16-9-7-15(23)8-10-16)21(27)24-12-14-5-4-6-18(28-2)20(14)29-3/h4-11H,12H2,1-3H3,(H,24,27). The number of rotatable bonds is 6. The summed E-state index contributed by atoms with van der Waals surface area (Å²) in [7, 11) is 3.14. The SMILES string of the molecule is COc1cccc(CNC(=O)c2cc3c(C)nn(-c4ccc(F)cc4)c3s2)c1OC. The summed E-state index contributed by atoms with van der Waals surface area (Å²) >= 11 is 1.34. The summed E-state index contributed by atoms with van der Waals surface area (Å²) in [4.78, 5) is 14.2. The molecule has 0 fully saturated rings.